The largest absolute Gasteiger partial charge is 0.343 e. The van der Waals surface area contributed by atoms with Crippen molar-refractivity contribution in [2.24, 2.45) is 0 Å². The van der Waals surface area contributed by atoms with Gasteiger partial charge in [0.15, 0.2) is 5.01 Å². The van der Waals surface area contributed by atoms with Gasteiger partial charge in [-0.2, -0.15) is 0 Å². The van der Waals surface area contributed by atoms with Gasteiger partial charge in [0.2, 0.25) is 5.13 Å². The number of nitrogens with zero attached hydrogens (tertiary/aromatic N) is 4. The molecule has 1 aromatic heterocycles. The van der Waals surface area contributed by atoms with E-state index >= 15 is 0 Å². The van der Waals surface area contributed by atoms with Crippen LogP contribution in [-0.4, -0.2) is 47.2 Å². The van der Waals surface area contributed by atoms with Crippen LogP contribution < -0.4 is 4.90 Å². The van der Waals surface area contributed by atoms with E-state index in [9.17, 15) is 4.79 Å². The van der Waals surface area contributed by atoms with Gasteiger partial charge in [-0.1, -0.05) is 58.8 Å². The van der Waals surface area contributed by atoms with Crippen LogP contribution in [0.25, 0.3) is 10.6 Å². The van der Waals surface area contributed by atoms with Gasteiger partial charge in [0, 0.05) is 42.3 Å². The minimum absolute atomic E-state index is 0.00571. The van der Waals surface area contributed by atoms with Crippen LogP contribution in [0.5, 0.6) is 0 Å². The Bertz CT molecular complexity index is 970. The van der Waals surface area contributed by atoms with Gasteiger partial charge in [0.25, 0.3) is 5.91 Å². The minimum atomic E-state index is 0.00571. The molecular formula is C19H16Cl2N4OS. The van der Waals surface area contributed by atoms with Crippen LogP contribution in [-0.2, 0) is 0 Å². The van der Waals surface area contributed by atoms with Gasteiger partial charge in [0.05, 0.1) is 5.02 Å². The molecular weight excluding hydrogens is 403 g/mol. The topological polar surface area (TPSA) is 49.3 Å². The van der Waals surface area contributed by atoms with Crippen molar-refractivity contribution in [2.75, 3.05) is 31.1 Å². The van der Waals surface area contributed by atoms with Gasteiger partial charge in [0.1, 0.15) is 0 Å². The monoisotopic (exact) mass is 418 g/mol. The van der Waals surface area contributed by atoms with E-state index in [1.165, 1.54) is 11.3 Å². The molecule has 0 radical (unpaired) electrons. The second kappa shape index (κ2) is 7.84. The van der Waals surface area contributed by atoms with Crippen LogP contribution >= 0.6 is 34.5 Å². The molecule has 0 aliphatic carbocycles. The van der Waals surface area contributed by atoms with E-state index in [2.05, 4.69) is 15.1 Å². The quantitative estimate of drug-likeness (QED) is 0.629. The van der Waals surface area contributed by atoms with Crippen molar-refractivity contribution in [3.05, 3.63) is 64.1 Å². The van der Waals surface area contributed by atoms with Gasteiger partial charge < -0.3 is 9.80 Å². The van der Waals surface area contributed by atoms with Crippen molar-refractivity contribution in [3.63, 3.8) is 0 Å². The summed E-state index contributed by atoms with van der Waals surface area (Å²) in [5, 5.41) is 11.5. The third-order valence-corrected chi connectivity index (χ3v) is 6.01. The molecule has 1 saturated heterocycles. The number of carbonyl (C=O) groups is 1. The second-order valence-electron chi connectivity index (χ2n) is 6.16. The maximum Gasteiger partial charge on any atom is 0.254 e. The van der Waals surface area contributed by atoms with E-state index in [-0.39, 0.29) is 5.91 Å². The lowest BCUT2D eigenvalue weighted by molar-refractivity contribution is 0.0746. The van der Waals surface area contributed by atoms with E-state index < -0.39 is 0 Å². The number of amides is 1. The number of piperazine rings is 1. The molecule has 0 N–H and O–H groups in total. The molecule has 1 amide bonds. The number of hydrogen-bond acceptors (Lipinski definition) is 5. The first-order valence-corrected chi connectivity index (χ1v) is 10.1. The fourth-order valence-corrected chi connectivity index (χ4v) is 4.40. The molecule has 3 aromatic rings. The first kappa shape index (κ1) is 18.2. The highest BCUT2D eigenvalue weighted by Crippen LogP contribution is 2.33. The molecule has 1 aliphatic rings. The van der Waals surface area contributed by atoms with Crippen LogP contribution in [0.4, 0.5) is 5.13 Å². The smallest absolute Gasteiger partial charge is 0.254 e. The summed E-state index contributed by atoms with van der Waals surface area (Å²) in [5.41, 5.74) is 1.51. The van der Waals surface area contributed by atoms with E-state index in [0.717, 1.165) is 15.7 Å². The standard InChI is InChI=1S/C19H16Cl2N4OS/c20-14-5-3-4-13(12-14)18(26)24-8-10-25(11-9-24)19-23-22-17(27-19)15-6-1-2-7-16(15)21/h1-7,12H,8-11H2. The van der Waals surface area contributed by atoms with Crippen molar-refractivity contribution in [1.82, 2.24) is 15.1 Å². The SMILES string of the molecule is O=C(c1cccc(Cl)c1)N1CCN(c2nnc(-c3ccccc3Cl)s2)CC1. The summed E-state index contributed by atoms with van der Waals surface area (Å²) in [4.78, 5) is 16.6. The number of hydrogen-bond donors (Lipinski definition) is 0. The maximum atomic E-state index is 12.6. The molecule has 0 bridgehead atoms. The second-order valence-corrected chi connectivity index (χ2v) is 7.96. The summed E-state index contributed by atoms with van der Waals surface area (Å²) >= 11 is 13.8. The Morgan fingerprint density at radius 1 is 0.963 bits per heavy atom. The molecule has 5 nitrogen and oxygen atoms in total. The molecule has 0 saturated carbocycles. The predicted octanol–water partition coefficient (Wildman–Crippen LogP) is 4.47. The van der Waals surface area contributed by atoms with Crippen LogP contribution in [0.2, 0.25) is 10.0 Å². The van der Waals surface area contributed by atoms with Crippen LogP contribution in [0.15, 0.2) is 48.5 Å². The highest BCUT2D eigenvalue weighted by atomic mass is 35.5. The first-order valence-electron chi connectivity index (χ1n) is 8.50. The number of carbonyl (C=O) groups excluding carboxylic acids is 1. The molecule has 138 valence electrons. The molecule has 0 spiro atoms. The normalized spacial score (nSPS) is 14.4. The van der Waals surface area contributed by atoms with Gasteiger partial charge >= 0.3 is 0 Å². The summed E-state index contributed by atoms with van der Waals surface area (Å²) in [6.45, 7) is 2.69. The lowest BCUT2D eigenvalue weighted by Gasteiger charge is -2.34. The molecule has 1 aliphatic heterocycles. The minimum Gasteiger partial charge on any atom is -0.343 e. The Hall–Kier alpha value is -2.15. The summed E-state index contributed by atoms with van der Waals surface area (Å²) < 4.78 is 0. The first-order chi connectivity index (χ1) is 13.1. The Morgan fingerprint density at radius 3 is 2.48 bits per heavy atom. The van der Waals surface area contributed by atoms with Gasteiger partial charge in [-0.3, -0.25) is 4.79 Å². The van der Waals surface area contributed by atoms with E-state index in [1.54, 1.807) is 24.3 Å². The number of halogens is 2. The highest BCUT2D eigenvalue weighted by Gasteiger charge is 2.24. The molecule has 4 rings (SSSR count). The summed E-state index contributed by atoms with van der Waals surface area (Å²) in [6, 6.07) is 14.7. The molecule has 2 heterocycles. The van der Waals surface area contributed by atoms with Crippen molar-refractivity contribution in [3.8, 4) is 10.6 Å². The lowest BCUT2D eigenvalue weighted by atomic mass is 10.2. The predicted molar refractivity (Wildman–Crippen MR) is 110 cm³/mol. The van der Waals surface area contributed by atoms with E-state index in [4.69, 9.17) is 23.2 Å². The van der Waals surface area contributed by atoms with Crippen molar-refractivity contribution in [1.29, 1.82) is 0 Å². The molecule has 0 unspecified atom stereocenters. The Morgan fingerprint density at radius 2 is 1.74 bits per heavy atom. The van der Waals surface area contributed by atoms with Crippen LogP contribution in [0, 0.1) is 0 Å². The average Bonchev–Trinajstić information content (AvgIpc) is 3.18. The van der Waals surface area contributed by atoms with Crippen molar-refractivity contribution in [2.45, 2.75) is 0 Å². The van der Waals surface area contributed by atoms with E-state index in [1.807, 2.05) is 29.2 Å². The van der Waals surface area contributed by atoms with Gasteiger partial charge in [-0.05, 0) is 24.3 Å². The molecule has 27 heavy (non-hydrogen) atoms. The molecule has 0 atom stereocenters. The van der Waals surface area contributed by atoms with E-state index in [0.29, 0.717) is 41.8 Å². The van der Waals surface area contributed by atoms with Crippen LogP contribution in [0.3, 0.4) is 0 Å². The fraction of sp³-hybridized carbons (Fsp3) is 0.211. The highest BCUT2D eigenvalue weighted by molar-refractivity contribution is 7.18. The number of aromatic nitrogens is 2. The summed E-state index contributed by atoms with van der Waals surface area (Å²) in [5.74, 6) is 0.00571. The van der Waals surface area contributed by atoms with Crippen LogP contribution in [0.1, 0.15) is 10.4 Å². The zero-order valence-electron chi connectivity index (χ0n) is 14.3. The Labute approximate surface area is 171 Å². The fourth-order valence-electron chi connectivity index (χ4n) is 2.99. The summed E-state index contributed by atoms with van der Waals surface area (Å²) in [6.07, 6.45) is 0. The Kier molecular flexibility index (Phi) is 5.29. The third-order valence-electron chi connectivity index (χ3n) is 4.43. The van der Waals surface area contributed by atoms with Gasteiger partial charge in [-0.15, -0.1) is 10.2 Å². The van der Waals surface area contributed by atoms with Crippen molar-refractivity contribution >= 4 is 45.6 Å². The number of anilines is 1. The van der Waals surface area contributed by atoms with Crippen molar-refractivity contribution < 1.29 is 4.79 Å². The number of benzene rings is 2. The molecule has 2 aromatic carbocycles. The third kappa shape index (κ3) is 3.93. The van der Waals surface area contributed by atoms with Gasteiger partial charge in [-0.25, -0.2) is 0 Å². The number of rotatable bonds is 3. The molecule has 1 fully saturated rings. The zero-order chi connectivity index (χ0) is 18.8. The Balaban J connectivity index is 1.43. The maximum absolute atomic E-state index is 12.6. The molecule has 8 heteroatoms. The summed E-state index contributed by atoms with van der Waals surface area (Å²) in [7, 11) is 0. The zero-order valence-corrected chi connectivity index (χ0v) is 16.6. The average molecular weight is 419 g/mol. The lowest BCUT2D eigenvalue weighted by Crippen LogP contribution is -2.48.